The predicted molar refractivity (Wildman–Crippen MR) is 93.6 cm³/mol. The Hall–Kier alpha value is -2.66. The number of morpholine rings is 1. The average Bonchev–Trinajstić information content (AvgIpc) is 2.62. The fraction of sp³-hybridized carbons (Fsp3) is 0.300. The van der Waals surface area contributed by atoms with E-state index >= 15 is 0 Å². The molecule has 1 N–H and O–H groups in total. The maximum Gasteiger partial charge on any atom is 0.306 e. The molecule has 1 fully saturated rings. The van der Waals surface area contributed by atoms with Crippen LogP contribution < -0.4 is 0 Å². The van der Waals surface area contributed by atoms with Crippen LogP contribution in [-0.4, -0.2) is 47.7 Å². The van der Waals surface area contributed by atoms with Gasteiger partial charge in [0, 0.05) is 18.7 Å². The molecule has 5 heteroatoms. The summed E-state index contributed by atoms with van der Waals surface area (Å²) >= 11 is 0. The van der Waals surface area contributed by atoms with Crippen LogP contribution in [0.15, 0.2) is 54.6 Å². The molecule has 3 rings (SSSR count). The normalized spacial score (nSPS) is 17.3. The molecule has 130 valence electrons. The number of carbonyl (C=O) groups is 2. The number of rotatable bonds is 5. The van der Waals surface area contributed by atoms with Gasteiger partial charge in [-0.2, -0.15) is 0 Å². The van der Waals surface area contributed by atoms with Crippen LogP contribution in [0.3, 0.4) is 0 Å². The van der Waals surface area contributed by atoms with Crippen molar-refractivity contribution in [3.05, 3.63) is 71.3 Å². The molecular weight excluding hydrogens is 318 g/mol. The molecule has 0 radical (unpaired) electrons. The van der Waals surface area contributed by atoms with E-state index in [4.69, 9.17) is 9.84 Å². The number of hydrogen-bond donors (Lipinski definition) is 1. The van der Waals surface area contributed by atoms with Crippen molar-refractivity contribution in [3.63, 3.8) is 0 Å². The van der Waals surface area contributed by atoms with Gasteiger partial charge in [-0.05, 0) is 23.6 Å². The van der Waals surface area contributed by atoms with Crippen LogP contribution in [0.25, 0.3) is 0 Å². The van der Waals surface area contributed by atoms with Crippen molar-refractivity contribution in [1.29, 1.82) is 0 Å². The number of aliphatic carboxylic acids is 1. The Morgan fingerprint density at radius 1 is 1.08 bits per heavy atom. The fourth-order valence-electron chi connectivity index (χ4n) is 3.09. The van der Waals surface area contributed by atoms with E-state index in [9.17, 15) is 9.59 Å². The lowest BCUT2D eigenvalue weighted by Crippen LogP contribution is -2.46. The maximum atomic E-state index is 13.0. The summed E-state index contributed by atoms with van der Waals surface area (Å²) < 4.78 is 5.46. The summed E-state index contributed by atoms with van der Waals surface area (Å²) in [4.78, 5) is 25.5. The van der Waals surface area contributed by atoms with Gasteiger partial charge in [0.1, 0.15) is 0 Å². The van der Waals surface area contributed by atoms with Crippen molar-refractivity contribution >= 4 is 11.9 Å². The van der Waals surface area contributed by atoms with Gasteiger partial charge in [0.05, 0.1) is 19.1 Å². The highest BCUT2D eigenvalue weighted by molar-refractivity contribution is 5.96. The van der Waals surface area contributed by atoms with Crippen molar-refractivity contribution in [2.45, 2.75) is 18.9 Å². The van der Waals surface area contributed by atoms with Crippen LogP contribution in [0.4, 0.5) is 0 Å². The Bertz CT molecular complexity index is 744. The van der Waals surface area contributed by atoms with E-state index < -0.39 is 12.1 Å². The van der Waals surface area contributed by atoms with Crippen LogP contribution in [0.2, 0.25) is 0 Å². The maximum absolute atomic E-state index is 13.0. The van der Waals surface area contributed by atoms with Gasteiger partial charge in [-0.1, -0.05) is 48.5 Å². The standard InChI is InChI=1S/C20H21NO4/c22-19(23)13-17-14-21(10-11-25-17)20(24)18-9-5-4-8-16(18)12-15-6-2-1-3-7-15/h1-9,17H,10-14H2,(H,22,23)/t17-/m0/s1. The number of amides is 1. The van der Waals surface area contributed by atoms with E-state index in [0.717, 1.165) is 11.1 Å². The van der Waals surface area contributed by atoms with Gasteiger partial charge in [-0.15, -0.1) is 0 Å². The van der Waals surface area contributed by atoms with Crippen LogP contribution in [0.5, 0.6) is 0 Å². The molecule has 0 aromatic heterocycles. The van der Waals surface area contributed by atoms with Crippen molar-refractivity contribution < 1.29 is 19.4 Å². The van der Waals surface area contributed by atoms with Crippen molar-refractivity contribution in [2.75, 3.05) is 19.7 Å². The van der Waals surface area contributed by atoms with Crippen LogP contribution >= 0.6 is 0 Å². The highest BCUT2D eigenvalue weighted by Crippen LogP contribution is 2.18. The molecule has 2 aromatic carbocycles. The lowest BCUT2D eigenvalue weighted by Gasteiger charge is -2.32. The molecule has 1 atom stereocenters. The number of hydrogen-bond acceptors (Lipinski definition) is 3. The minimum Gasteiger partial charge on any atom is -0.481 e. The Labute approximate surface area is 146 Å². The molecule has 5 nitrogen and oxygen atoms in total. The zero-order chi connectivity index (χ0) is 17.6. The molecule has 2 aromatic rings. The number of carboxylic acid groups (broad SMARTS) is 1. The molecule has 0 saturated carbocycles. The Balaban J connectivity index is 1.77. The minimum atomic E-state index is -0.913. The molecule has 0 spiro atoms. The first-order valence-electron chi connectivity index (χ1n) is 8.38. The molecule has 0 unspecified atom stereocenters. The topological polar surface area (TPSA) is 66.8 Å². The SMILES string of the molecule is O=C(O)C[C@H]1CN(C(=O)c2ccccc2Cc2ccccc2)CCO1. The summed E-state index contributed by atoms with van der Waals surface area (Å²) in [5, 5.41) is 8.93. The molecule has 1 aliphatic rings. The minimum absolute atomic E-state index is 0.0646. The molecule has 1 aliphatic heterocycles. The monoisotopic (exact) mass is 339 g/mol. The van der Waals surface area contributed by atoms with Crippen molar-refractivity contribution in [2.24, 2.45) is 0 Å². The van der Waals surface area contributed by atoms with Gasteiger partial charge in [-0.3, -0.25) is 9.59 Å². The number of ether oxygens (including phenoxy) is 1. The Morgan fingerprint density at radius 2 is 1.80 bits per heavy atom. The summed E-state index contributed by atoms with van der Waals surface area (Å²) in [7, 11) is 0. The quantitative estimate of drug-likeness (QED) is 0.909. The van der Waals surface area contributed by atoms with Crippen LogP contribution in [-0.2, 0) is 16.0 Å². The highest BCUT2D eigenvalue weighted by atomic mass is 16.5. The third kappa shape index (κ3) is 4.45. The molecular formula is C20H21NO4. The number of nitrogens with zero attached hydrogens (tertiary/aromatic N) is 1. The van der Waals surface area contributed by atoms with Gasteiger partial charge in [0.2, 0.25) is 0 Å². The molecule has 25 heavy (non-hydrogen) atoms. The molecule has 1 amide bonds. The average molecular weight is 339 g/mol. The number of benzene rings is 2. The second kappa shape index (κ2) is 7.94. The first kappa shape index (κ1) is 17.2. The van der Waals surface area contributed by atoms with E-state index in [1.165, 1.54) is 0 Å². The second-order valence-corrected chi connectivity index (χ2v) is 6.16. The first-order valence-corrected chi connectivity index (χ1v) is 8.38. The molecule has 1 saturated heterocycles. The van der Waals surface area contributed by atoms with E-state index in [1.54, 1.807) is 4.90 Å². The van der Waals surface area contributed by atoms with E-state index in [1.807, 2.05) is 54.6 Å². The molecule has 0 aliphatic carbocycles. The first-order chi connectivity index (χ1) is 12.1. The lowest BCUT2D eigenvalue weighted by molar-refractivity contribution is -0.141. The third-order valence-electron chi connectivity index (χ3n) is 4.31. The van der Waals surface area contributed by atoms with Gasteiger partial charge >= 0.3 is 5.97 Å². The Kier molecular flexibility index (Phi) is 5.46. The summed E-state index contributed by atoms with van der Waals surface area (Å²) in [6.07, 6.45) is 0.151. The summed E-state index contributed by atoms with van der Waals surface area (Å²) in [6, 6.07) is 17.6. The summed E-state index contributed by atoms with van der Waals surface area (Å²) in [5.41, 5.74) is 2.79. The Morgan fingerprint density at radius 3 is 2.56 bits per heavy atom. The third-order valence-corrected chi connectivity index (χ3v) is 4.31. The molecule has 0 bridgehead atoms. The van der Waals surface area contributed by atoms with E-state index in [-0.39, 0.29) is 12.3 Å². The fourth-order valence-corrected chi connectivity index (χ4v) is 3.09. The van der Waals surface area contributed by atoms with E-state index in [2.05, 4.69) is 0 Å². The number of carbonyl (C=O) groups excluding carboxylic acids is 1. The predicted octanol–water partition coefficient (Wildman–Crippen LogP) is 2.59. The number of carboxylic acids is 1. The smallest absolute Gasteiger partial charge is 0.306 e. The zero-order valence-electron chi connectivity index (χ0n) is 13.9. The van der Waals surface area contributed by atoms with Gasteiger partial charge in [-0.25, -0.2) is 0 Å². The molecule has 1 heterocycles. The summed E-state index contributed by atoms with van der Waals surface area (Å²) in [5.74, 6) is -0.978. The second-order valence-electron chi connectivity index (χ2n) is 6.16. The highest BCUT2D eigenvalue weighted by Gasteiger charge is 2.27. The van der Waals surface area contributed by atoms with Gasteiger partial charge < -0.3 is 14.7 Å². The largest absolute Gasteiger partial charge is 0.481 e. The van der Waals surface area contributed by atoms with Crippen molar-refractivity contribution in [1.82, 2.24) is 4.90 Å². The van der Waals surface area contributed by atoms with Crippen LogP contribution in [0, 0.1) is 0 Å². The van der Waals surface area contributed by atoms with E-state index in [0.29, 0.717) is 31.7 Å². The van der Waals surface area contributed by atoms with Gasteiger partial charge in [0.25, 0.3) is 5.91 Å². The van der Waals surface area contributed by atoms with Crippen molar-refractivity contribution in [3.8, 4) is 0 Å². The van der Waals surface area contributed by atoms with Gasteiger partial charge in [0.15, 0.2) is 0 Å². The summed E-state index contributed by atoms with van der Waals surface area (Å²) in [6.45, 7) is 1.16. The lowest BCUT2D eigenvalue weighted by atomic mass is 9.98. The zero-order valence-corrected chi connectivity index (χ0v) is 13.9. The van der Waals surface area contributed by atoms with Crippen LogP contribution in [0.1, 0.15) is 27.9 Å².